The van der Waals surface area contributed by atoms with Crippen LogP contribution in [-0.4, -0.2) is 18.3 Å². The molecular weight excluding hydrogens is 178 g/mol. The van der Waals surface area contributed by atoms with Gasteiger partial charge >= 0.3 is 0 Å². The summed E-state index contributed by atoms with van der Waals surface area (Å²) in [6.45, 7) is 6.42. The molecule has 0 aliphatic heterocycles. The van der Waals surface area contributed by atoms with Gasteiger partial charge in [-0.25, -0.2) is 0 Å². The van der Waals surface area contributed by atoms with Crippen LogP contribution in [0.1, 0.15) is 33.6 Å². The predicted molar refractivity (Wildman–Crippen MR) is 58.9 cm³/mol. The van der Waals surface area contributed by atoms with E-state index >= 15 is 0 Å². The SMILES string of the molecule is CC(C)C(=O)C(C)CCCN=C(N)N. The van der Waals surface area contributed by atoms with Crippen LogP contribution in [0.25, 0.3) is 0 Å². The van der Waals surface area contributed by atoms with Gasteiger partial charge in [0.15, 0.2) is 5.96 Å². The fraction of sp³-hybridized carbons (Fsp3) is 0.800. The Morgan fingerprint density at radius 2 is 1.86 bits per heavy atom. The molecule has 1 unspecified atom stereocenters. The van der Waals surface area contributed by atoms with Crippen molar-refractivity contribution in [3.05, 3.63) is 0 Å². The zero-order valence-corrected chi connectivity index (χ0v) is 9.29. The largest absolute Gasteiger partial charge is 0.370 e. The fourth-order valence-electron chi connectivity index (χ4n) is 1.32. The van der Waals surface area contributed by atoms with Crippen molar-refractivity contribution in [3.8, 4) is 0 Å². The normalized spacial score (nSPS) is 12.6. The van der Waals surface area contributed by atoms with E-state index in [1.807, 2.05) is 20.8 Å². The minimum Gasteiger partial charge on any atom is -0.370 e. The molecule has 0 heterocycles. The molecule has 0 rings (SSSR count). The second-order valence-corrected chi connectivity index (χ2v) is 3.91. The maximum absolute atomic E-state index is 11.5. The summed E-state index contributed by atoms with van der Waals surface area (Å²) in [7, 11) is 0. The van der Waals surface area contributed by atoms with Gasteiger partial charge in [0.1, 0.15) is 5.78 Å². The van der Waals surface area contributed by atoms with E-state index in [1.165, 1.54) is 0 Å². The summed E-state index contributed by atoms with van der Waals surface area (Å²) in [6.07, 6.45) is 1.71. The first-order valence-electron chi connectivity index (χ1n) is 5.04. The van der Waals surface area contributed by atoms with Crippen molar-refractivity contribution in [1.82, 2.24) is 0 Å². The van der Waals surface area contributed by atoms with Crippen LogP contribution in [0.2, 0.25) is 0 Å². The molecule has 0 aliphatic rings. The molecule has 0 radical (unpaired) electrons. The molecule has 4 N–H and O–H groups in total. The quantitative estimate of drug-likeness (QED) is 0.379. The van der Waals surface area contributed by atoms with Crippen molar-refractivity contribution < 1.29 is 4.79 Å². The Morgan fingerprint density at radius 3 is 2.29 bits per heavy atom. The number of carbonyl (C=O) groups is 1. The first kappa shape index (κ1) is 12.9. The van der Waals surface area contributed by atoms with Gasteiger partial charge in [-0.1, -0.05) is 20.8 Å². The maximum Gasteiger partial charge on any atom is 0.185 e. The molecule has 0 saturated carbocycles. The number of Topliss-reactive ketones (excluding diaryl/α,β-unsaturated/α-hetero) is 1. The molecule has 82 valence electrons. The highest BCUT2D eigenvalue weighted by molar-refractivity contribution is 5.82. The van der Waals surface area contributed by atoms with Gasteiger partial charge in [0.05, 0.1) is 0 Å². The Morgan fingerprint density at radius 1 is 1.29 bits per heavy atom. The van der Waals surface area contributed by atoms with Gasteiger partial charge in [-0.15, -0.1) is 0 Å². The topological polar surface area (TPSA) is 81.5 Å². The molecular formula is C10H21N3O. The van der Waals surface area contributed by atoms with E-state index in [0.717, 1.165) is 12.8 Å². The van der Waals surface area contributed by atoms with E-state index < -0.39 is 0 Å². The lowest BCUT2D eigenvalue weighted by atomic mass is 9.93. The van der Waals surface area contributed by atoms with Crippen LogP contribution in [0.4, 0.5) is 0 Å². The fourth-order valence-corrected chi connectivity index (χ4v) is 1.32. The zero-order chi connectivity index (χ0) is 11.1. The Kier molecular flexibility index (Phi) is 5.92. The van der Waals surface area contributed by atoms with Crippen LogP contribution in [0, 0.1) is 11.8 Å². The monoisotopic (exact) mass is 199 g/mol. The van der Waals surface area contributed by atoms with Gasteiger partial charge in [0.25, 0.3) is 0 Å². The van der Waals surface area contributed by atoms with Gasteiger partial charge in [-0.05, 0) is 12.8 Å². The standard InChI is InChI=1S/C10H21N3O/c1-7(2)9(14)8(3)5-4-6-13-10(11)12/h7-8H,4-6H2,1-3H3,(H4,11,12,13). The third-order valence-corrected chi connectivity index (χ3v) is 2.14. The van der Waals surface area contributed by atoms with E-state index in [9.17, 15) is 4.79 Å². The maximum atomic E-state index is 11.5. The first-order valence-corrected chi connectivity index (χ1v) is 5.04. The second-order valence-electron chi connectivity index (χ2n) is 3.91. The zero-order valence-electron chi connectivity index (χ0n) is 9.29. The molecule has 0 bridgehead atoms. The summed E-state index contributed by atoms with van der Waals surface area (Å²) in [4.78, 5) is 15.3. The summed E-state index contributed by atoms with van der Waals surface area (Å²) in [6, 6.07) is 0. The smallest absolute Gasteiger partial charge is 0.185 e. The van der Waals surface area contributed by atoms with Crippen LogP contribution in [0.5, 0.6) is 0 Å². The second kappa shape index (κ2) is 6.40. The van der Waals surface area contributed by atoms with E-state index in [2.05, 4.69) is 4.99 Å². The van der Waals surface area contributed by atoms with Crippen molar-refractivity contribution in [2.45, 2.75) is 33.6 Å². The van der Waals surface area contributed by atoms with Crippen molar-refractivity contribution in [2.75, 3.05) is 6.54 Å². The van der Waals surface area contributed by atoms with Gasteiger partial charge < -0.3 is 11.5 Å². The highest BCUT2D eigenvalue weighted by Crippen LogP contribution is 2.12. The van der Waals surface area contributed by atoms with Crippen molar-refractivity contribution in [2.24, 2.45) is 28.3 Å². The number of nitrogens with zero attached hydrogens (tertiary/aromatic N) is 1. The summed E-state index contributed by atoms with van der Waals surface area (Å²) in [5.41, 5.74) is 10.4. The summed E-state index contributed by atoms with van der Waals surface area (Å²) >= 11 is 0. The number of carbonyl (C=O) groups excluding carboxylic acids is 1. The number of hydrogen-bond acceptors (Lipinski definition) is 2. The molecule has 0 aromatic heterocycles. The number of ketones is 1. The van der Waals surface area contributed by atoms with E-state index in [-0.39, 0.29) is 17.8 Å². The minimum absolute atomic E-state index is 0.115. The number of hydrogen-bond donors (Lipinski definition) is 2. The Bertz CT molecular complexity index is 207. The summed E-state index contributed by atoms with van der Waals surface area (Å²) < 4.78 is 0. The molecule has 0 aromatic carbocycles. The molecule has 0 aromatic rings. The Hall–Kier alpha value is -1.06. The van der Waals surface area contributed by atoms with Crippen LogP contribution in [-0.2, 0) is 4.79 Å². The summed E-state index contributed by atoms with van der Waals surface area (Å²) in [5, 5.41) is 0. The van der Waals surface area contributed by atoms with E-state index in [4.69, 9.17) is 11.5 Å². The lowest BCUT2D eigenvalue weighted by Gasteiger charge is -2.11. The molecule has 0 amide bonds. The van der Waals surface area contributed by atoms with Crippen LogP contribution in [0.15, 0.2) is 4.99 Å². The average Bonchev–Trinajstić information content (AvgIpc) is 2.10. The molecule has 0 aliphatic carbocycles. The molecule has 14 heavy (non-hydrogen) atoms. The molecule has 1 atom stereocenters. The third-order valence-electron chi connectivity index (χ3n) is 2.14. The third kappa shape index (κ3) is 5.56. The summed E-state index contributed by atoms with van der Waals surface area (Å²) in [5.74, 6) is 0.666. The first-order chi connectivity index (χ1) is 6.45. The minimum atomic E-state index is 0.115. The molecule has 0 saturated heterocycles. The lowest BCUT2D eigenvalue weighted by Crippen LogP contribution is -2.23. The Labute approximate surface area is 85.8 Å². The lowest BCUT2D eigenvalue weighted by molar-refractivity contribution is -0.125. The Balaban J connectivity index is 3.69. The number of nitrogens with two attached hydrogens (primary N) is 2. The van der Waals surface area contributed by atoms with Gasteiger partial charge in [0, 0.05) is 18.4 Å². The van der Waals surface area contributed by atoms with Crippen LogP contribution < -0.4 is 11.5 Å². The number of rotatable bonds is 6. The molecule has 4 heteroatoms. The number of guanidine groups is 1. The van der Waals surface area contributed by atoms with Crippen LogP contribution >= 0.6 is 0 Å². The van der Waals surface area contributed by atoms with Gasteiger partial charge in [0.2, 0.25) is 0 Å². The van der Waals surface area contributed by atoms with E-state index in [1.54, 1.807) is 0 Å². The van der Waals surface area contributed by atoms with Gasteiger partial charge in [-0.2, -0.15) is 0 Å². The van der Waals surface area contributed by atoms with Crippen molar-refractivity contribution in [3.63, 3.8) is 0 Å². The van der Waals surface area contributed by atoms with Crippen molar-refractivity contribution in [1.29, 1.82) is 0 Å². The van der Waals surface area contributed by atoms with Crippen LogP contribution in [0.3, 0.4) is 0 Å². The molecule has 0 spiro atoms. The predicted octanol–water partition coefficient (Wildman–Crippen LogP) is 0.901. The molecule has 0 fully saturated rings. The average molecular weight is 199 g/mol. The number of aliphatic imine (C=N–C) groups is 1. The highest BCUT2D eigenvalue weighted by Gasteiger charge is 2.15. The molecule has 4 nitrogen and oxygen atoms in total. The van der Waals surface area contributed by atoms with Gasteiger partial charge in [-0.3, -0.25) is 9.79 Å². The van der Waals surface area contributed by atoms with Crippen molar-refractivity contribution >= 4 is 11.7 Å². The highest BCUT2D eigenvalue weighted by atomic mass is 16.1. The van der Waals surface area contributed by atoms with E-state index in [0.29, 0.717) is 12.3 Å².